The third kappa shape index (κ3) is 5.99. The molecular weight excluding hydrogens is 272 g/mol. The van der Waals surface area contributed by atoms with E-state index in [1.54, 1.807) is 45.0 Å². The number of hydrogen-bond acceptors (Lipinski definition) is 5. The van der Waals surface area contributed by atoms with Crippen LogP contribution in [0.5, 0.6) is 0 Å². The minimum absolute atomic E-state index is 0.0302. The van der Waals surface area contributed by atoms with Crippen LogP contribution in [0.25, 0.3) is 6.08 Å². The normalized spacial score (nSPS) is 11.7. The van der Waals surface area contributed by atoms with Gasteiger partial charge in [0.25, 0.3) is 0 Å². The molecule has 0 aliphatic heterocycles. The fraction of sp³-hybridized carbons (Fsp3) is 0.333. The smallest absolute Gasteiger partial charge is 0.412 e. The lowest BCUT2D eigenvalue weighted by molar-refractivity contribution is -0.136. The Morgan fingerprint density at radius 2 is 1.95 bits per heavy atom. The SMILES string of the molecule is COC(=O)/C(=C\c1cccc(N)c1)NC(=O)OC(C)(C)C. The fourth-order valence-corrected chi connectivity index (χ4v) is 1.49. The van der Waals surface area contributed by atoms with Gasteiger partial charge in [-0.1, -0.05) is 12.1 Å². The second-order valence-corrected chi connectivity index (χ2v) is 5.35. The number of esters is 1. The van der Waals surface area contributed by atoms with Gasteiger partial charge < -0.3 is 15.2 Å². The Bertz CT molecular complexity index is 559. The highest BCUT2D eigenvalue weighted by Crippen LogP contribution is 2.12. The van der Waals surface area contributed by atoms with Crippen LogP contribution in [0.3, 0.4) is 0 Å². The molecule has 0 aromatic heterocycles. The molecule has 0 heterocycles. The van der Waals surface area contributed by atoms with Crippen LogP contribution in [0.15, 0.2) is 30.0 Å². The third-order valence-electron chi connectivity index (χ3n) is 2.26. The number of methoxy groups -OCH3 is 1. The lowest BCUT2D eigenvalue weighted by atomic mass is 10.1. The van der Waals surface area contributed by atoms with Gasteiger partial charge in [-0.3, -0.25) is 5.32 Å². The molecule has 1 amide bonds. The van der Waals surface area contributed by atoms with Gasteiger partial charge in [-0.2, -0.15) is 0 Å². The number of nitrogens with two attached hydrogens (primary N) is 1. The van der Waals surface area contributed by atoms with Gasteiger partial charge in [0.1, 0.15) is 11.3 Å². The number of alkyl carbamates (subject to hydrolysis) is 1. The molecule has 0 unspecified atom stereocenters. The Balaban J connectivity index is 2.96. The van der Waals surface area contributed by atoms with Crippen LogP contribution in [0.1, 0.15) is 26.3 Å². The van der Waals surface area contributed by atoms with Crippen LogP contribution in [0.4, 0.5) is 10.5 Å². The van der Waals surface area contributed by atoms with Crippen LogP contribution in [0, 0.1) is 0 Å². The molecule has 6 heteroatoms. The van der Waals surface area contributed by atoms with Gasteiger partial charge in [0, 0.05) is 5.69 Å². The van der Waals surface area contributed by atoms with Crippen molar-refractivity contribution < 1.29 is 19.1 Å². The number of rotatable bonds is 3. The number of nitrogen functional groups attached to an aromatic ring is 1. The number of ether oxygens (including phenoxy) is 2. The summed E-state index contributed by atoms with van der Waals surface area (Å²) in [4.78, 5) is 23.5. The molecule has 0 radical (unpaired) electrons. The molecule has 1 rings (SSSR count). The second-order valence-electron chi connectivity index (χ2n) is 5.35. The molecule has 1 aromatic carbocycles. The number of benzene rings is 1. The molecule has 0 saturated carbocycles. The molecule has 6 nitrogen and oxygen atoms in total. The van der Waals surface area contributed by atoms with Crippen LogP contribution in [-0.2, 0) is 14.3 Å². The van der Waals surface area contributed by atoms with Gasteiger partial charge in [0.2, 0.25) is 0 Å². The first-order valence-corrected chi connectivity index (χ1v) is 6.37. The summed E-state index contributed by atoms with van der Waals surface area (Å²) >= 11 is 0. The minimum atomic E-state index is -0.733. The number of hydrogen-bond donors (Lipinski definition) is 2. The van der Waals surface area contributed by atoms with Crippen molar-refractivity contribution in [2.45, 2.75) is 26.4 Å². The summed E-state index contributed by atoms with van der Waals surface area (Å²) in [5.41, 5.74) is 6.18. The van der Waals surface area contributed by atoms with E-state index in [-0.39, 0.29) is 5.70 Å². The summed E-state index contributed by atoms with van der Waals surface area (Å²) in [6.45, 7) is 5.18. The molecule has 114 valence electrons. The van der Waals surface area contributed by atoms with E-state index in [0.717, 1.165) is 0 Å². The maximum absolute atomic E-state index is 11.7. The van der Waals surface area contributed by atoms with Crippen LogP contribution < -0.4 is 11.1 Å². The summed E-state index contributed by atoms with van der Waals surface area (Å²) in [5, 5.41) is 2.38. The summed E-state index contributed by atoms with van der Waals surface area (Å²) in [7, 11) is 1.23. The summed E-state index contributed by atoms with van der Waals surface area (Å²) < 4.78 is 9.74. The number of anilines is 1. The average Bonchev–Trinajstić information content (AvgIpc) is 2.34. The zero-order chi connectivity index (χ0) is 16.0. The highest BCUT2D eigenvalue weighted by molar-refractivity contribution is 5.96. The molecule has 1 aromatic rings. The van der Waals surface area contributed by atoms with E-state index in [1.165, 1.54) is 13.2 Å². The fourth-order valence-electron chi connectivity index (χ4n) is 1.49. The highest BCUT2D eigenvalue weighted by Gasteiger charge is 2.20. The Kier molecular flexibility index (Phi) is 5.35. The molecular formula is C15H20N2O4. The zero-order valence-electron chi connectivity index (χ0n) is 12.6. The van der Waals surface area contributed by atoms with Crippen LogP contribution in [0.2, 0.25) is 0 Å². The van der Waals surface area contributed by atoms with Gasteiger partial charge in [-0.15, -0.1) is 0 Å². The molecule has 0 aliphatic rings. The average molecular weight is 292 g/mol. The number of carbonyl (C=O) groups is 2. The molecule has 0 fully saturated rings. The van der Waals surface area contributed by atoms with Crippen molar-refractivity contribution in [2.75, 3.05) is 12.8 Å². The largest absolute Gasteiger partial charge is 0.464 e. The number of amides is 1. The Hall–Kier alpha value is -2.50. The lowest BCUT2D eigenvalue weighted by Gasteiger charge is -2.20. The van der Waals surface area contributed by atoms with Crippen molar-refractivity contribution in [3.63, 3.8) is 0 Å². The maximum atomic E-state index is 11.7. The lowest BCUT2D eigenvalue weighted by Crippen LogP contribution is -2.34. The van der Waals surface area contributed by atoms with Crippen LogP contribution in [-0.4, -0.2) is 24.8 Å². The molecule has 0 bridgehead atoms. The van der Waals surface area contributed by atoms with Gasteiger partial charge in [0.15, 0.2) is 0 Å². The van der Waals surface area contributed by atoms with Gasteiger partial charge in [-0.25, -0.2) is 9.59 Å². The monoisotopic (exact) mass is 292 g/mol. The summed E-state index contributed by atoms with van der Waals surface area (Å²) in [5.74, 6) is -0.678. The number of nitrogens with one attached hydrogen (secondary N) is 1. The van der Waals surface area contributed by atoms with Crippen molar-refractivity contribution in [3.8, 4) is 0 Å². The van der Waals surface area contributed by atoms with E-state index in [4.69, 9.17) is 10.5 Å². The molecule has 0 atom stereocenters. The van der Waals surface area contributed by atoms with Crippen molar-refractivity contribution in [1.29, 1.82) is 0 Å². The van der Waals surface area contributed by atoms with Crippen molar-refractivity contribution >= 4 is 23.8 Å². The molecule has 0 saturated heterocycles. The Morgan fingerprint density at radius 1 is 1.29 bits per heavy atom. The Morgan fingerprint density at radius 3 is 2.48 bits per heavy atom. The van der Waals surface area contributed by atoms with E-state index >= 15 is 0 Å². The third-order valence-corrected chi connectivity index (χ3v) is 2.26. The standard InChI is InChI=1S/C15H20N2O4/c1-15(2,3)21-14(19)17-12(13(18)20-4)9-10-6-5-7-11(16)8-10/h5-9H,16H2,1-4H3,(H,17,19)/b12-9+. The second kappa shape index (κ2) is 6.78. The predicted octanol–water partition coefficient (Wildman–Crippen LogP) is 2.31. The van der Waals surface area contributed by atoms with E-state index in [1.807, 2.05) is 0 Å². The topological polar surface area (TPSA) is 90.6 Å². The predicted molar refractivity (Wildman–Crippen MR) is 80.2 cm³/mol. The molecule has 21 heavy (non-hydrogen) atoms. The van der Waals surface area contributed by atoms with Gasteiger partial charge in [0.05, 0.1) is 7.11 Å². The zero-order valence-corrected chi connectivity index (χ0v) is 12.6. The Labute approximate surface area is 123 Å². The highest BCUT2D eigenvalue weighted by atomic mass is 16.6. The quantitative estimate of drug-likeness (QED) is 0.507. The summed E-state index contributed by atoms with van der Waals surface area (Å²) in [6.07, 6.45) is 0.731. The first kappa shape index (κ1) is 16.6. The molecule has 0 spiro atoms. The molecule has 3 N–H and O–H groups in total. The summed E-state index contributed by atoms with van der Waals surface area (Å²) in [6, 6.07) is 6.87. The van der Waals surface area contributed by atoms with Crippen molar-refractivity contribution in [3.05, 3.63) is 35.5 Å². The van der Waals surface area contributed by atoms with Gasteiger partial charge >= 0.3 is 12.1 Å². The first-order valence-electron chi connectivity index (χ1n) is 6.37. The van der Waals surface area contributed by atoms with E-state index in [0.29, 0.717) is 11.3 Å². The van der Waals surface area contributed by atoms with Crippen LogP contribution >= 0.6 is 0 Å². The van der Waals surface area contributed by atoms with Gasteiger partial charge in [-0.05, 0) is 44.5 Å². The maximum Gasteiger partial charge on any atom is 0.412 e. The van der Waals surface area contributed by atoms with Crippen molar-refractivity contribution in [2.24, 2.45) is 0 Å². The number of carbonyl (C=O) groups excluding carboxylic acids is 2. The first-order chi connectivity index (χ1) is 9.71. The van der Waals surface area contributed by atoms with E-state index < -0.39 is 17.7 Å². The minimum Gasteiger partial charge on any atom is -0.464 e. The van der Waals surface area contributed by atoms with Crippen molar-refractivity contribution in [1.82, 2.24) is 5.32 Å². The molecule has 0 aliphatic carbocycles. The van der Waals surface area contributed by atoms with E-state index in [2.05, 4.69) is 10.1 Å². The van der Waals surface area contributed by atoms with E-state index in [9.17, 15) is 9.59 Å².